The zero-order valence-electron chi connectivity index (χ0n) is 11.2. The number of rotatable bonds is 3. The molecular weight excluding hydrogens is 260 g/mol. The molecule has 0 aliphatic carbocycles. The standard InChI is InChI=1S/C15H19ClN2O/c1-10-8-12(16)9-13-15(10)19-14(18-13)3-2-11-4-6-17-7-5-11/h8-9,11,17H,2-7H2,1H3. The van der Waals surface area contributed by atoms with E-state index in [-0.39, 0.29) is 0 Å². The predicted octanol–water partition coefficient (Wildman–Crippen LogP) is 3.72. The molecule has 1 aliphatic rings. The number of piperidine rings is 1. The van der Waals surface area contributed by atoms with Crippen LogP contribution >= 0.6 is 11.6 Å². The van der Waals surface area contributed by atoms with Crippen molar-refractivity contribution in [3.8, 4) is 0 Å². The molecule has 0 spiro atoms. The number of aromatic nitrogens is 1. The maximum atomic E-state index is 6.04. The fraction of sp³-hybridized carbons (Fsp3) is 0.533. The summed E-state index contributed by atoms with van der Waals surface area (Å²) in [7, 11) is 0. The molecule has 3 rings (SSSR count). The molecule has 102 valence electrons. The maximum Gasteiger partial charge on any atom is 0.195 e. The van der Waals surface area contributed by atoms with E-state index in [1.807, 2.05) is 19.1 Å². The van der Waals surface area contributed by atoms with Gasteiger partial charge < -0.3 is 9.73 Å². The van der Waals surface area contributed by atoms with Gasteiger partial charge in [0.1, 0.15) is 5.52 Å². The molecule has 1 saturated heterocycles. The number of aryl methyl sites for hydroxylation is 2. The van der Waals surface area contributed by atoms with Gasteiger partial charge in [-0.05, 0) is 62.9 Å². The van der Waals surface area contributed by atoms with Crippen molar-refractivity contribution in [3.63, 3.8) is 0 Å². The van der Waals surface area contributed by atoms with Crippen LogP contribution in [0.5, 0.6) is 0 Å². The minimum atomic E-state index is 0.725. The lowest BCUT2D eigenvalue weighted by Gasteiger charge is -2.21. The predicted molar refractivity (Wildman–Crippen MR) is 77.7 cm³/mol. The zero-order valence-corrected chi connectivity index (χ0v) is 12.0. The lowest BCUT2D eigenvalue weighted by Crippen LogP contribution is -2.27. The van der Waals surface area contributed by atoms with Gasteiger partial charge in [0.15, 0.2) is 11.5 Å². The Bertz CT molecular complexity index is 573. The molecule has 2 aromatic rings. The molecule has 4 heteroatoms. The number of nitrogens with one attached hydrogen (secondary N) is 1. The average molecular weight is 279 g/mol. The summed E-state index contributed by atoms with van der Waals surface area (Å²) in [5.41, 5.74) is 2.82. The first-order valence-electron chi connectivity index (χ1n) is 6.98. The fourth-order valence-electron chi connectivity index (χ4n) is 2.81. The van der Waals surface area contributed by atoms with Gasteiger partial charge in [-0.1, -0.05) is 11.6 Å². The Hall–Kier alpha value is -1.06. The number of hydrogen-bond acceptors (Lipinski definition) is 3. The van der Waals surface area contributed by atoms with Crippen molar-refractivity contribution in [3.05, 3.63) is 28.6 Å². The van der Waals surface area contributed by atoms with Crippen molar-refractivity contribution < 1.29 is 4.42 Å². The van der Waals surface area contributed by atoms with E-state index in [1.54, 1.807) is 0 Å². The summed E-state index contributed by atoms with van der Waals surface area (Å²) in [6, 6.07) is 3.80. The lowest BCUT2D eigenvalue weighted by atomic mass is 9.93. The Morgan fingerprint density at radius 3 is 2.95 bits per heavy atom. The Morgan fingerprint density at radius 1 is 1.37 bits per heavy atom. The molecular formula is C15H19ClN2O. The van der Waals surface area contributed by atoms with E-state index >= 15 is 0 Å². The van der Waals surface area contributed by atoms with Crippen molar-refractivity contribution in [2.45, 2.75) is 32.6 Å². The van der Waals surface area contributed by atoms with Crippen molar-refractivity contribution in [1.82, 2.24) is 10.3 Å². The van der Waals surface area contributed by atoms with E-state index in [2.05, 4.69) is 10.3 Å². The highest BCUT2D eigenvalue weighted by molar-refractivity contribution is 6.31. The topological polar surface area (TPSA) is 38.1 Å². The van der Waals surface area contributed by atoms with Crippen LogP contribution < -0.4 is 5.32 Å². The highest BCUT2D eigenvalue weighted by atomic mass is 35.5. The number of hydrogen-bond donors (Lipinski definition) is 1. The van der Waals surface area contributed by atoms with Crippen molar-refractivity contribution in [1.29, 1.82) is 0 Å². The third kappa shape index (κ3) is 2.93. The maximum absolute atomic E-state index is 6.04. The van der Waals surface area contributed by atoms with Gasteiger partial charge in [0.05, 0.1) is 0 Å². The summed E-state index contributed by atoms with van der Waals surface area (Å²) < 4.78 is 5.86. The second-order valence-electron chi connectivity index (χ2n) is 5.41. The van der Waals surface area contributed by atoms with Crippen molar-refractivity contribution in [2.24, 2.45) is 5.92 Å². The number of benzene rings is 1. The normalized spacial score (nSPS) is 17.2. The van der Waals surface area contributed by atoms with Crippen molar-refractivity contribution in [2.75, 3.05) is 13.1 Å². The van der Waals surface area contributed by atoms with Gasteiger partial charge in [-0.15, -0.1) is 0 Å². The quantitative estimate of drug-likeness (QED) is 0.930. The molecule has 3 nitrogen and oxygen atoms in total. The minimum absolute atomic E-state index is 0.725. The molecule has 0 saturated carbocycles. The van der Waals surface area contributed by atoms with Crippen LogP contribution in [0.25, 0.3) is 11.1 Å². The van der Waals surface area contributed by atoms with Crippen LogP contribution in [0.2, 0.25) is 5.02 Å². The van der Waals surface area contributed by atoms with Gasteiger partial charge in [0, 0.05) is 11.4 Å². The van der Waals surface area contributed by atoms with E-state index in [4.69, 9.17) is 16.0 Å². The summed E-state index contributed by atoms with van der Waals surface area (Å²) in [4.78, 5) is 4.55. The van der Waals surface area contributed by atoms with Crippen LogP contribution in [-0.2, 0) is 6.42 Å². The molecule has 1 fully saturated rings. The van der Waals surface area contributed by atoms with E-state index in [0.29, 0.717) is 0 Å². The Kier molecular flexibility index (Phi) is 3.76. The monoisotopic (exact) mass is 278 g/mol. The Morgan fingerprint density at radius 2 is 2.16 bits per heavy atom. The van der Waals surface area contributed by atoms with E-state index < -0.39 is 0 Å². The van der Waals surface area contributed by atoms with E-state index in [0.717, 1.165) is 53.0 Å². The van der Waals surface area contributed by atoms with Gasteiger partial charge in [-0.2, -0.15) is 0 Å². The van der Waals surface area contributed by atoms with Gasteiger partial charge in [0.25, 0.3) is 0 Å². The number of halogens is 1. The first-order valence-corrected chi connectivity index (χ1v) is 7.36. The second-order valence-corrected chi connectivity index (χ2v) is 5.85. The van der Waals surface area contributed by atoms with Crippen LogP contribution in [0.15, 0.2) is 16.5 Å². The summed E-state index contributed by atoms with van der Waals surface area (Å²) in [5.74, 6) is 1.65. The molecule has 2 heterocycles. The molecule has 0 amide bonds. The van der Waals surface area contributed by atoms with Gasteiger partial charge >= 0.3 is 0 Å². The van der Waals surface area contributed by atoms with Crippen molar-refractivity contribution >= 4 is 22.7 Å². The number of fused-ring (bicyclic) bond motifs is 1. The van der Waals surface area contributed by atoms with Crippen LogP contribution in [-0.4, -0.2) is 18.1 Å². The van der Waals surface area contributed by atoms with E-state index in [9.17, 15) is 0 Å². The third-order valence-corrected chi connectivity index (χ3v) is 4.13. The summed E-state index contributed by atoms with van der Waals surface area (Å²) in [6.07, 6.45) is 4.63. The zero-order chi connectivity index (χ0) is 13.2. The smallest absolute Gasteiger partial charge is 0.195 e. The minimum Gasteiger partial charge on any atom is -0.440 e. The highest BCUT2D eigenvalue weighted by Crippen LogP contribution is 2.26. The molecule has 1 aromatic heterocycles. The summed E-state index contributed by atoms with van der Waals surface area (Å²) in [6.45, 7) is 4.30. The van der Waals surface area contributed by atoms with Gasteiger partial charge in [-0.25, -0.2) is 4.98 Å². The largest absolute Gasteiger partial charge is 0.440 e. The average Bonchev–Trinajstić information content (AvgIpc) is 2.81. The van der Waals surface area contributed by atoms with Gasteiger partial charge in [0.2, 0.25) is 0 Å². The van der Waals surface area contributed by atoms with Crippen LogP contribution in [0.1, 0.15) is 30.7 Å². The molecule has 1 aromatic carbocycles. The molecule has 19 heavy (non-hydrogen) atoms. The van der Waals surface area contributed by atoms with Crippen LogP contribution in [0.3, 0.4) is 0 Å². The fourth-order valence-corrected chi connectivity index (χ4v) is 3.07. The summed E-state index contributed by atoms with van der Waals surface area (Å²) >= 11 is 6.04. The van der Waals surface area contributed by atoms with Gasteiger partial charge in [-0.3, -0.25) is 0 Å². The molecule has 1 aliphatic heterocycles. The molecule has 1 N–H and O–H groups in total. The molecule has 0 radical (unpaired) electrons. The number of nitrogens with zero attached hydrogens (tertiary/aromatic N) is 1. The van der Waals surface area contributed by atoms with Crippen LogP contribution in [0.4, 0.5) is 0 Å². The second kappa shape index (κ2) is 5.51. The number of oxazole rings is 1. The highest BCUT2D eigenvalue weighted by Gasteiger charge is 2.15. The molecule has 0 atom stereocenters. The third-order valence-electron chi connectivity index (χ3n) is 3.91. The SMILES string of the molecule is Cc1cc(Cl)cc2nc(CCC3CCNCC3)oc12. The molecule has 0 unspecified atom stereocenters. The van der Waals surface area contributed by atoms with Crippen LogP contribution in [0, 0.1) is 12.8 Å². The summed E-state index contributed by atoms with van der Waals surface area (Å²) in [5, 5.41) is 4.12. The molecule has 0 bridgehead atoms. The lowest BCUT2D eigenvalue weighted by molar-refractivity contribution is 0.343. The Labute approximate surface area is 118 Å². The Balaban J connectivity index is 1.72. The first-order chi connectivity index (χ1) is 9.22. The van der Waals surface area contributed by atoms with E-state index in [1.165, 1.54) is 19.3 Å². The first kappa shape index (κ1) is 12.9.